The van der Waals surface area contributed by atoms with Crippen LogP contribution < -0.4 is 0 Å². The molecule has 0 atom stereocenters. The van der Waals surface area contributed by atoms with E-state index in [9.17, 15) is 0 Å². The van der Waals surface area contributed by atoms with Crippen LogP contribution in [0, 0.1) is 11.8 Å². The monoisotopic (exact) mass is 327 g/mol. The van der Waals surface area contributed by atoms with Crippen molar-refractivity contribution in [1.29, 1.82) is 0 Å². The van der Waals surface area contributed by atoms with Gasteiger partial charge in [-0.2, -0.15) is 0 Å². The average molecular weight is 327 g/mol. The first-order valence-electron chi connectivity index (χ1n) is 9.70. The number of hydrogen-bond donors (Lipinski definition) is 0. The molecule has 25 heavy (non-hydrogen) atoms. The van der Waals surface area contributed by atoms with Gasteiger partial charge in [-0.15, -0.1) is 0 Å². The first kappa shape index (κ1) is 15.1. The Bertz CT molecular complexity index is 947. The number of hydrogen-bond acceptors (Lipinski definition) is 1. The van der Waals surface area contributed by atoms with Gasteiger partial charge < -0.3 is 0 Å². The highest BCUT2D eigenvalue weighted by Gasteiger charge is 2.38. The van der Waals surface area contributed by atoms with Crippen molar-refractivity contribution in [2.24, 2.45) is 11.8 Å². The van der Waals surface area contributed by atoms with Crippen LogP contribution in [-0.4, -0.2) is 4.98 Å². The maximum absolute atomic E-state index is 5.07. The number of aromatic nitrogens is 1. The standard InChI is InChI=1S/C24H25N/c1-15(2)11-17-5-4-8-22-20(17)9-10-23(25-22)21-7-3-6-18-12-16-13-19(14-16)24(18)21/h3-10,15-16,19H,11-14H2,1-2H3. The Morgan fingerprint density at radius 3 is 2.68 bits per heavy atom. The Balaban J connectivity index is 1.63. The molecule has 0 amide bonds. The lowest BCUT2D eigenvalue weighted by Crippen LogP contribution is -2.30. The molecular weight excluding hydrogens is 302 g/mol. The van der Waals surface area contributed by atoms with Crippen molar-refractivity contribution < 1.29 is 0 Å². The molecule has 0 unspecified atom stereocenters. The quantitative estimate of drug-likeness (QED) is 0.562. The second kappa shape index (κ2) is 5.69. The first-order valence-corrected chi connectivity index (χ1v) is 9.70. The summed E-state index contributed by atoms with van der Waals surface area (Å²) in [5.74, 6) is 2.38. The number of pyridine rings is 1. The number of rotatable bonds is 3. The molecule has 1 nitrogen and oxygen atoms in total. The summed E-state index contributed by atoms with van der Waals surface area (Å²) < 4.78 is 0. The van der Waals surface area contributed by atoms with E-state index in [1.165, 1.54) is 35.8 Å². The van der Waals surface area contributed by atoms with Crippen molar-refractivity contribution in [3.05, 3.63) is 65.2 Å². The second-order valence-corrected chi connectivity index (χ2v) is 8.40. The van der Waals surface area contributed by atoms with Gasteiger partial charge in [0, 0.05) is 10.9 Å². The van der Waals surface area contributed by atoms with Gasteiger partial charge in [0.05, 0.1) is 11.2 Å². The zero-order chi connectivity index (χ0) is 17.0. The summed E-state index contributed by atoms with van der Waals surface area (Å²) in [5, 5.41) is 1.31. The zero-order valence-electron chi connectivity index (χ0n) is 15.1. The summed E-state index contributed by atoms with van der Waals surface area (Å²) in [6.45, 7) is 4.56. The van der Waals surface area contributed by atoms with Crippen molar-refractivity contribution >= 4 is 10.9 Å². The largest absolute Gasteiger partial charge is 0.248 e. The van der Waals surface area contributed by atoms with Gasteiger partial charge in [0.2, 0.25) is 0 Å². The fraction of sp³-hybridized carbons (Fsp3) is 0.375. The Morgan fingerprint density at radius 2 is 1.84 bits per heavy atom. The second-order valence-electron chi connectivity index (χ2n) is 8.40. The van der Waals surface area contributed by atoms with Crippen molar-refractivity contribution in [3.8, 4) is 11.3 Å². The Kier molecular flexibility index (Phi) is 3.45. The van der Waals surface area contributed by atoms with Gasteiger partial charge in [-0.3, -0.25) is 0 Å². The summed E-state index contributed by atoms with van der Waals surface area (Å²) >= 11 is 0. The molecule has 1 saturated carbocycles. The van der Waals surface area contributed by atoms with Gasteiger partial charge in [-0.1, -0.05) is 50.2 Å². The maximum Gasteiger partial charge on any atom is 0.0712 e. The maximum atomic E-state index is 5.07. The third-order valence-corrected chi connectivity index (χ3v) is 6.08. The first-order chi connectivity index (χ1) is 12.2. The normalized spacial score (nSPS) is 21.2. The van der Waals surface area contributed by atoms with Gasteiger partial charge in [0.1, 0.15) is 0 Å². The number of fused-ring (bicyclic) bond motifs is 1. The summed E-state index contributed by atoms with van der Waals surface area (Å²) in [5.41, 5.74) is 8.24. The zero-order valence-corrected chi connectivity index (χ0v) is 15.1. The molecule has 0 saturated heterocycles. The predicted molar refractivity (Wildman–Crippen MR) is 105 cm³/mol. The molecule has 0 N–H and O–H groups in total. The van der Waals surface area contributed by atoms with Crippen LogP contribution in [0.25, 0.3) is 22.2 Å². The van der Waals surface area contributed by atoms with Crippen LogP contribution in [0.2, 0.25) is 0 Å². The molecule has 1 heteroatoms. The van der Waals surface area contributed by atoms with E-state index >= 15 is 0 Å². The number of benzene rings is 2. The van der Waals surface area contributed by atoms with Crippen LogP contribution >= 0.6 is 0 Å². The molecule has 2 aromatic carbocycles. The minimum absolute atomic E-state index is 0.665. The van der Waals surface area contributed by atoms with Crippen LogP contribution in [0.3, 0.4) is 0 Å². The predicted octanol–water partition coefficient (Wildman–Crippen LogP) is 6.15. The third-order valence-electron chi connectivity index (χ3n) is 6.08. The van der Waals surface area contributed by atoms with E-state index in [4.69, 9.17) is 4.98 Å². The molecule has 0 spiro atoms. The third kappa shape index (κ3) is 2.49. The van der Waals surface area contributed by atoms with E-state index in [1.54, 1.807) is 11.1 Å². The van der Waals surface area contributed by atoms with E-state index in [0.29, 0.717) is 5.92 Å². The highest BCUT2D eigenvalue weighted by Crippen LogP contribution is 2.52. The fourth-order valence-electron chi connectivity index (χ4n) is 4.93. The molecule has 2 bridgehead atoms. The Hall–Kier alpha value is -2.15. The lowest BCUT2D eigenvalue weighted by molar-refractivity contribution is 0.238. The summed E-state index contributed by atoms with van der Waals surface area (Å²) in [4.78, 5) is 5.07. The van der Waals surface area contributed by atoms with E-state index in [-0.39, 0.29) is 0 Å². The molecule has 1 heterocycles. The summed E-state index contributed by atoms with van der Waals surface area (Å²) in [6, 6.07) is 17.9. The molecule has 3 aliphatic carbocycles. The minimum atomic E-state index is 0.665. The Labute approximate surface area is 150 Å². The average Bonchev–Trinajstić information content (AvgIpc) is 2.59. The van der Waals surface area contributed by atoms with Gasteiger partial charge in [0.15, 0.2) is 0 Å². The summed E-state index contributed by atoms with van der Waals surface area (Å²) in [6.07, 6.45) is 5.15. The molecule has 3 aliphatic rings. The topological polar surface area (TPSA) is 12.9 Å². The van der Waals surface area contributed by atoms with E-state index in [0.717, 1.165) is 29.5 Å². The van der Waals surface area contributed by atoms with Crippen molar-refractivity contribution in [2.75, 3.05) is 0 Å². The van der Waals surface area contributed by atoms with E-state index in [1.807, 2.05) is 0 Å². The molecule has 3 aromatic rings. The highest BCUT2D eigenvalue weighted by atomic mass is 14.7. The minimum Gasteiger partial charge on any atom is -0.248 e. The highest BCUT2D eigenvalue weighted by molar-refractivity contribution is 5.85. The lowest BCUT2D eigenvalue weighted by Gasteiger charge is -2.43. The lowest BCUT2D eigenvalue weighted by atomic mass is 9.61. The van der Waals surface area contributed by atoms with Gasteiger partial charge >= 0.3 is 0 Å². The molecule has 0 aliphatic heterocycles. The fourth-order valence-corrected chi connectivity index (χ4v) is 4.93. The smallest absolute Gasteiger partial charge is 0.0712 e. The van der Waals surface area contributed by atoms with Crippen molar-refractivity contribution in [3.63, 3.8) is 0 Å². The molecule has 1 fully saturated rings. The van der Waals surface area contributed by atoms with Gasteiger partial charge in [-0.25, -0.2) is 4.98 Å². The molecule has 126 valence electrons. The van der Waals surface area contributed by atoms with E-state index < -0.39 is 0 Å². The van der Waals surface area contributed by atoms with Crippen LogP contribution in [0.15, 0.2) is 48.5 Å². The van der Waals surface area contributed by atoms with Crippen LogP contribution in [-0.2, 0) is 12.8 Å². The van der Waals surface area contributed by atoms with Gasteiger partial charge in [0.25, 0.3) is 0 Å². The van der Waals surface area contributed by atoms with Crippen LogP contribution in [0.4, 0.5) is 0 Å². The molecular formula is C24H25N. The molecule has 0 radical (unpaired) electrons. The van der Waals surface area contributed by atoms with Gasteiger partial charge in [-0.05, 0) is 72.3 Å². The molecule has 6 rings (SSSR count). The van der Waals surface area contributed by atoms with Crippen LogP contribution in [0.1, 0.15) is 49.3 Å². The van der Waals surface area contributed by atoms with Crippen molar-refractivity contribution in [1.82, 2.24) is 4.98 Å². The SMILES string of the molecule is CC(C)Cc1cccc2nc(-c3cccc4c3C3CC(C4)C3)ccc12. The van der Waals surface area contributed by atoms with Crippen molar-refractivity contribution in [2.45, 2.75) is 45.4 Å². The molecule has 1 aromatic heterocycles. The van der Waals surface area contributed by atoms with E-state index in [2.05, 4.69) is 62.4 Å². The Morgan fingerprint density at radius 1 is 1.00 bits per heavy atom. The number of nitrogens with zero attached hydrogens (tertiary/aromatic N) is 1. The van der Waals surface area contributed by atoms with Crippen LogP contribution in [0.5, 0.6) is 0 Å². The summed E-state index contributed by atoms with van der Waals surface area (Å²) in [7, 11) is 0.